The van der Waals surface area contributed by atoms with Crippen LogP contribution in [-0.2, 0) is 9.59 Å². The van der Waals surface area contributed by atoms with E-state index in [0.29, 0.717) is 13.0 Å². The number of aromatic nitrogens is 1. The molecule has 2 aliphatic heterocycles. The van der Waals surface area contributed by atoms with Gasteiger partial charge in [-0.25, -0.2) is 4.98 Å². The Morgan fingerprint density at radius 2 is 2.22 bits per heavy atom. The van der Waals surface area contributed by atoms with Gasteiger partial charge in [-0.15, -0.1) is 0 Å². The van der Waals surface area contributed by atoms with Crippen molar-refractivity contribution >= 4 is 17.6 Å². The van der Waals surface area contributed by atoms with Crippen molar-refractivity contribution in [3.63, 3.8) is 0 Å². The standard InChI is InChI=1S/C17H24N4O2/c1-19(17(23)13-21-11-5-8-16(21)22)14-6-4-10-20(12-14)15-7-2-3-9-18-15/h2-3,7,9,14H,4-6,8,10-13H2,1H3. The molecule has 0 saturated carbocycles. The third kappa shape index (κ3) is 3.63. The number of carbonyl (C=O) groups is 2. The second-order valence-electron chi connectivity index (χ2n) is 6.35. The van der Waals surface area contributed by atoms with Gasteiger partial charge in [-0.3, -0.25) is 9.59 Å². The first-order valence-corrected chi connectivity index (χ1v) is 8.34. The maximum absolute atomic E-state index is 12.5. The minimum atomic E-state index is 0.0353. The molecule has 2 saturated heterocycles. The molecule has 1 aromatic rings. The molecule has 2 fully saturated rings. The van der Waals surface area contributed by atoms with E-state index in [9.17, 15) is 9.59 Å². The monoisotopic (exact) mass is 316 g/mol. The van der Waals surface area contributed by atoms with Crippen LogP contribution >= 0.6 is 0 Å². The Labute approximate surface area is 137 Å². The molecule has 0 N–H and O–H groups in total. The smallest absolute Gasteiger partial charge is 0.242 e. The molecular weight excluding hydrogens is 292 g/mol. The number of pyridine rings is 1. The Hall–Kier alpha value is -2.11. The van der Waals surface area contributed by atoms with E-state index in [2.05, 4.69) is 9.88 Å². The van der Waals surface area contributed by atoms with Crippen molar-refractivity contribution in [2.45, 2.75) is 31.7 Å². The van der Waals surface area contributed by atoms with Crippen molar-refractivity contribution in [2.75, 3.05) is 38.1 Å². The number of rotatable bonds is 4. The van der Waals surface area contributed by atoms with Crippen LogP contribution in [-0.4, -0.2) is 65.9 Å². The van der Waals surface area contributed by atoms with Crippen LogP contribution in [0, 0.1) is 0 Å². The van der Waals surface area contributed by atoms with Crippen LogP contribution < -0.4 is 4.90 Å². The van der Waals surface area contributed by atoms with Crippen LogP contribution in [0.1, 0.15) is 25.7 Å². The first-order chi connectivity index (χ1) is 11.1. The van der Waals surface area contributed by atoms with Crippen LogP contribution in [0.5, 0.6) is 0 Å². The van der Waals surface area contributed by atoms with E-state index in [-0.39, 0.29) is 24.4 Å². The summed E-state index contributed by atoms with van der Waals surface area (Å²) in [4.78, 5) is 34.3. The number of likely N-dealkylation sites (N-methyl/N-ethyl adjacent to an activating group) is 1. The van der Waals surface area contributed by atoms with E-state index in [1.54, 1.807) is 11.1 Å². The number of amides is 2. The van der Waals surface area contributed by atoms with Crippen molar-refractivity contribution in [3.05, 3.63) is 24.4 Å². The Morgan fingerprint density at radius 1 is 1.35 bits per heavy atom. The van der Waals surface area contributed by atoms with Gasteiger partial charge in [0, 0.05) is 45.3 Å². The van der Waals surface area contributed by atoms with Gasteiger partial charge in [-0.1, -0.05) is 6.07 Å². The van der Waals surface area contributed by atoms with Crippen LogP contribution in [0.25, 0.3) is 0 Å². The van der Waals surface area contributed by atoms with Gasteiger partial charge >= 0.3 is 0 Å². The summed E-state index contributed by atoms with van der Waals surface area (Å²) in [6.45, 7) is 2.70. The minimum absolute atomic E-state index is 0.0353. The van der Waals surface area contributed by atoms with E-state index < -0.39 is 0 Å². The van der Waals surface area contributed by atoms with Gasteiger partial charge in [0.05, 0.1) is 6.54 Å². The summed E-state index contributed by atoms with van der Waals surface area (Å²) >= 11 is 0. The number of piperidine rings is 1. The lowest BCUT2D eigenvalue weighted by Crippen LogP contribution is -2.51. The van der Waals surface area contributed by atoms with Gasteiger partial charge in [0.2, 0.25) is 11.8 Å². The number of hydrogen-bond donors (Lipinski definition) is 0. The van der Waals surface area contributed by atoms with E-state index in [1.165, 1.54) is 0 Å². The predicted molar refractivity (Wildman–Crippen MR) is 88.1 cm³/mol. The SMILES string of the molecule is CN(C(=O)CN1CCCC1=O)C1CCCN(c2ccccn2)C1. The van der Waals surface area contributed by atoms with Crippen LogP contribution in [0.3, 0.4) is 0 Å². The number of likely N-dealkylation sites (tertiary alicyclic amines) is 1. The summed E-state index contributed by atoms with van der Waals surface area (Å²) in [5.41, 5.74) is 0. The minimum Gasteiger partial charge on any atom is -0.355 e. The Balaban J connectivity index is 1.59. The van der Waals surface area contributed by atoms with Crippen molar-refractivity contribution < 1.29 is 9.59 Å². The molecule has 0 aromatic carbocycles. The molecule has 124 valence electrons. The summed E-state index contributed by atoms with van der Waals surface area (Å²) in [5.74, 6) is 1.10. The number of nitrogens with zero attached hydrogens (tertiary/aromatic N) is 4. The van der Waals surface area contributed by atoms with Gasteiger partial charge in [0.25, 0.3) is 0 Å². The lowest BCUT2D eigenvalue weighted by Gasteiger charge is -2.38. The molecule has 0 radical (unpaired) electrons. The first kappa shape index (κ1) is 15.8. The largest absolute Gasteiger partial charge is 0.355 e. The average molecular weight is 316 g/mol. The number of carbonyl (C=O) groups excluding carboxylic acids is 2. The van der Waals surface area contributed by atoms with E-state index in [0.717, 1.165) is 38.2 Å². The highest BCUT2D eigenvalue weighted by atomic mass is 16.2. The summed E-state index contributed by atoms with van der Waals surface area (Å²) in [7, 11) is 1.86. The zero-order valence-corrected chi connectivity index (χ0v) is 13.6. The predicted octanol–water partition coefficient (Wildman–Crippen LogP) is 1.13. The van der Waals surface area contributed by atoms with Crippen LogP contribution in [0.15, 0.2) is 24.4 Å². The van der Waals surface area contributed by atoms with Crippen LogP contribution in [0.4, 0.5) is 5.82 Å². The lowest BCUT2D eigenvalue weighted by molar-refractivity contribution is -0.139. The molecule has 23 heavy (non-hydrogen) atoms. The van der Waals surface area contributed by atoms with Gasteiger partial charge in [0.15, 0.2) is 0 Å². The molecule has 1 aromatic heterocycles. The molecule has 2 amide bonds. The molecule has 0 spiro atoms. The molecule has 6 heteroatoms. The molecule has 3 rings (SSSR count). The zero-order valence-electron chi connectivity index (χ0n) is 13.6. The zero-order chi connectivity index (χ0) is 16.2. The average Bonchev–Trinajstić information content (AvgIpc) is 3.00. The first-order valence-electron chi connectivity index (χ1n) is 8.34. The van der Waals surface area contributed by atoms with Crippen LogP contribution in [0.2, 0.25) is 0 Å². The van der Waals surface area contributed by atoms with Gasteiger partial charge in [-0.05, 0) is 31.4 Å². The van der Waals surface area contributed by atoms with E-state index in [1.807, 2.05) is 30.1 Å². The Bertz CT molecular complexity index is 563. The topological polar surface area (TPSA) is 56.8 Å². The fourth-order valence-electron chi connectivity index (χ4n) is 3.37. The van der Waals surface area contributed by atoms with E-state index >= 15 is 0 Å². The third-order valence-corrected chi connectivity index (χ3v) is 4.81. The molecule has 0 aliphatic carbocycles. The lowest BCUT2D eigenvalue weighted by atomic mass is 10.0. The molecular formula is C17H24N4O2. The highest BCUT2D eigenvalue weighted by Gasteiger charge is 2.29. The summed E-state index contributed by atoms with van der Waals surface area (Å²) in [6.07, 6.45) is 5.29. The molecule has 2 aliphatic rings. The van der Waals surface area contributed by atoms with Crippen molar-refractivity contribution in [1.82, 2.24) is 14.8 Å². The summed E-state index contributed by atoms with van der Waals surface area (Å²) in [6, 6.07) is 6.08. The maximum atomic E-state index is 12.5. The third-order valence-electron chi connectivity index (χ3n) is 4.81. The summed E-state index contributed by atoms with van der Waals surface area (Å²) < 4.78 is 0. The highest BCUT2D eigenvalue weighted by molar-refractivity contribution is 5.86. The number of anilines is 1. The Morgan fingerprint density at radius 3 is 2.91 bits per heavy atom. The van der Waals surface area contributed by atoms with Gasteiger partial charge < -0.3 is 14.7 Å². The van der Waals surface area contributed by atoms with Gasteiger partial charge in [-0.2, -0.15) is 0 Å². The second kappa shape index (κ2) is 6.98. The molecule has 0 bridgehead atoms. The molecule has 1 unspecified atom stereocenters. The fourth-order valence-corrected chi connectivity index (χ4v) is 3.37. The number of hydrogen-bond acceptors (Lipinski definition) is 4. The summed E-state index contributed by atoms with van der Waals surface area (Å²) in [5, 5.41) is 0. The molecule has 1 atom stereocenters. The van der Waals surface area contributed by atoms with Crippen molar-refractivity contribution in [2.24, 2.45) is 0 Å². The van der Waals surface area contributed by atoms with Crippen molar-refractivity contribution in [1.29, 1.82) is 0 Å². The van der Waals surface area contributed by atoms with Gasteiger partial charge in [0.1, 0.15) is 5.82 Å². The molecule has 3 heterocycles. The van der Waals surface area contributed by atoms with Crippen molar-refractivity contribution in [3.8, 4) is 0 Å². The second-order valence-corrected chi connectivity index (χ2v) is 6.35. The normalized spacial score (nSPS) is 21.6. The quantitative estimate of drug-likeness (QED) is 0.835. The highest BCUT2D eigenvalue weighted by Crippen LogP contribution is 2.20. The van der Waals surface area contributed by atoms with E-state index in [4.69, 9.17) is 0 Å². The molecule has 6 nitrogen and oxygen atoms in total. The Kier molecular flexibility index (Phi) is 4.79. The maximum Gasteiger partial charge on any atom is 0.242 e. The fraction of sp³-hybridized carbons (Fsp3) is 0.588.